The van der Waals surface area contributed by atoms with E-state index >= 15 is 0 Å². The standard InChI is InChI=1S/C18H17FN4O2/c1-23(2)15(24)7-6-13-9-20-17-16(13)18(22-11-21-17)25-10-12-4-3-5-14(19)8-12/h3-9,11H,10H2,1-2H3,(H,20,21,22). The normalized spacial score (nSPS) is 11.2. The van der Waals surface area contributed by atoms with E-state index in [1.54, 1.807) is 38.5 Å². The van der Waals surface area contributed by atoms with Crippen molar-refractivity contribution in [2.75, 3.05) is 14.1 Å². The number of halogens is 1. The van der Waals surface area contributed by atoms with Crippen LogP contribution in [0.3, 0.4) is 0 Å². The fourth-order valence-corrected chi connectivity index (χ4v) is 2.29. The summed E-state index contributed by atoms with van der Waals surface area (Å²) in [5, 5.41) is 0.668. The summed E-state index contributed by atoms with van der Waals surface area (Å²) >= 11 is 0. The van der Waals surface area contributed by atoms with Crippen molar-refractivity contribution in [2.24, 2.45) is 0 Å². The first kappa shape index (κ1) is 16.6. The quantitative estimate of drug-likeness (QED) is 0.725. The van der Waals surface area contributed by atoms with E-state index in [1.165, 1.54) is 29.4 Å². The molecule has 0 atom stereocenters. The molecule has 0 unspecified atom stereocenters. The summed E-state index contributed by atoms with van der Waals surface area (Å²) in [5.74, 6) is -0.0812. The number of likely N-dealkylation sites (N-methyl/N-ethyl adjacent to an activating group) is 1. The number of nitrogens with zero attached hydrogens (tertiary/aromatic N) is 3. The van der Waals surface area contributed by atoms with E-state index < -0.39 is 0 Å². The zero-order valence-corrected chi connectivity index (χ0v) is 13.9. The topological polar surface area (TPSA) is 71.1 Å². The van der Waals surface area contributed by atoms with Crippen molar-refractivity contribution in [1.29, 1.82) is 0 Å². The molecular weight excluding hydrogens is 323 g/mol. The van der Waals surface area contributed by atoms with Crippen LogP contribution in [0.2, 0.25) is 0 Å². The van der Waals surface area contributed by atoms with Gasteiger partial charge in [-0.2, -0.15) is 0 Å². The highest BCUT2D eigenvalue weighted by Gasteiger charge is 2.11. The molecule has 128 valence electrons. The minimum Gasteiger partial charge on any atom is -0.472 e. The number of amides is 1. The molecule has 2 heterocycles. The van der Waals surface area contributed by atoms with Crippen LogP contribution in [0.5, 0.6) is 5.88 Å². The van der Waals surface area contributed by atoms with Crippen molar-refractivity contribution < 1.29 is 13.9 Å². The number of H-pyrrole nitrogens is 1. The van der Waals surface area contributed by atoms with Gasteiger partial charge in [0.1, 0.15) is 24.4 Å². The second-order valence-electron chi connectivity index (χ2n) is 5.63. The van der Waals surface area contributed by atoms with Gasteiger partial charge in [-0.3, -0.25) is 4.79 Å². The molecule has 2 aromatic heterocycles. The number of aromatic nitrogens is 3. The Kier molecular flexibility index (Phi) is 4.74. The Morgan fingerprint density at radius 3 is 2.96 bits per heavy atom. The van der Waals surface area contributed by atoms with Gasteiger partial charge in [-0.05, 0) is 23.8 Å². The van der Waals surface area contributed by atoms with Gasteiger partial charge in [0.05, 0.1) is 5.39 Å². The molecule has 0 bridgehead atoms. The molecule has 25 heavy (non-hydrogen) atoms. The van der Waals surface area contributed by atoms with Crippen molar-refractivity contribution in [1.82, 2.24) is 19.9 Å². The highest BCUT2D eigenvalue weighted by Crippen LogP contribution is 2.26. The van der Waals surface area contributed by atoms with Gasteiger partial charge >= 0.3 is 0 Å². The molecule has 0 radical (unpaired) electrons. The lowest BCUT2D eigenvalue weighted by Crippen LogP contribution is -2.18. The van der Waals surface area contributed by atoms with Crippen molar-refractivity contribution >= 4 is 23.0 Å². The van der Waals surface area contributed by atoms with E-state index in [0.717, 1.165) is 5.56 Å². The summed E-state index contributed by atoms with van der Waals surface area (Å²) in [7, 11) is 3.36. The van der Waals surface area contributed by atoms with E-state index in [9.17, 15) is 9.18 Å². The fraction of sp³-hybridized carbons (Fsp3) is 0.167. The SMILES string of the molecule is CN(C)C(=O)C=Cc1c[nH]c2ncnc(OCc3cccc(F)c3)c12. The van der Waals surface area contributed by atoms with Crippen LogP contribution in [0.15, 0.2) is 42.9 Å². The van der Waals surface area contributed by atoms with Crippen molar-refractivity contribution in [3.8, 4) is 5.88 Å². The van der Waals surface area contributed by atoms with E-state index in [4.69, 9.17) is 4.74 Å². The van der Waals surface area contributed by atoms with E-state index in [-0.39, 0.29) is 18.3 Å². The average molecular weight is 340 g/mol. The van der Waals surface area contributed by atoms with Gasteiger partial charge in [0.15, 0.2) is 0 Å². The van der Waals surface area contributed by atoms with Crippen LogP contribution in [-0.4, -0.2) is 39.9 Å². The number of carbonyl (C=O) groups excluding carboxylic acids is 1. The second kappa shape index (κ2) is 7.12. The Bertz CT molecular complexity index is 934. The first-order valence-electron chi connectivity index (χ1n) is 7.63. The first-order chi connectivity index (χ1) is 12.0. The van der Waals surface area contributed by atoms with E-state index in [0.29, 0.717) is 22.5 Å². The maximum absolute atomic E-state index is 13.3. The average Bonchev–Trinajstić information content (AvgIpc) is 3.01. The van der Waals surface area contributed by atoms with Crippen LogP contribution in [0, 0.1) is 5.82 Å². The number of ether oxygens (including phenoxy) is 1. The predicted molar refractivity (Wildman–Crippen MR) is 92.3 cm³/mol. The third kappa shape index (κ3) is 3.82. The maximum Gasteiger partial charge on any atom is 0.246 e. The van der Waals surface area contributed by atoms with Gasteiger partial charge in [-0.25, -0.2) is 14.4 Å². The van der Waals surface area contributed by atoms with E-state index in [1.807, 2.05) is 0 Å². The molecule has 1 aromatic carbocycles. The number of benzene rings is 1. The van der Waals surface area contributed by atoms with Gasteiger partial charge in [0, 0.05) is 31.9 Å². The Balaban J connectivity index is 1.88. The van der Waals surface area contributed by atoms with Gasteiger partial charge in [-0.15, -0.1) is 0 Å². The van der Waals surface area contributed by atoms with Gasteiger partial charge < -0.3 is 14.6 Å². The lowest BCUT2D eigenvalue weighted by atomic mass is 10.2. The Morgan fingerprint density at radius 1 is 1.36 bits per heavy atom. The molecular formula is C18H17FN4O2. The zero-order valence-electron chi connectivity index (χ0n) is 13.9. The molecule has 0 saturated carbocycles. The van der Waals surface area contributed by atoms with Crippen LogP contribution in [0.25, 0.3) is 17.1 Å². The molecule has 0 aliphatic rings. The largest absolute Gasteiger partial charge is 0.472 e. The molecule has 1 N–H and O–H groups in total. The Labute approximate surface area is 144 Å². The number of aromatic amines is 1. The highest BCUT2D eigenvalue weighted by molar-refractivity contribution is 5.96. The van der Waals surface area contributed by atoms with Crippen LogP contribution >= 0.6 is 0 Å². The van der Waals surface area contributed by atoms with Crippen LogP contribution in [-0.2, 0) is 11.4 Å². The molecule has 3 aromatic rings. The Hall–Kier alpha value is -3.22. The number of nitrogens with one attached hydrogen (secondary N) is 1. The molecule has 0 aliphatic carbocycles. The lowest BCUT2D eigenvalue weighted by Gasteiger charge is -2.07. The summed E-state index contributed by atoms with van der Waals surface area (Å²) in [4.78, 5) is 24.6. The van der Waals surface area contributed by atoms with Crippen molar-refractivity contribution in [3.63, 3.8) is 0 Å². The Morgan fingerprint density at radius 2 is 2.20 bits per heavy atom. The summed E-state index contributed by atoms with van der Waals surface area (Å²) in [6.45, 7) is 0.175. The van der Waals surface area contributed by atoms with Gasteiger partial charge in [-0.1, -0.05) is 12.1 Å². The van der Waals surface area contributed by atoms with Crippen molar-refractivity contribution in [2.45, 2.75) is 6.61 Å². The second-order valence-corrected chi connectivity index (χ2v) is 5.63. The number of rotatable bonds is 5. The van der Waals surface area contributed by atoms with Gasteiger partial charge in [0.25, 0.3) is 0 Å². The monoisotopic (exact) mass is 340 g/mol. The smallest absolute Gasteiger partial charge is 0.246 e. The maximum atomic E-state index is 13.3. The molecule has 6 nitrogen and oxygen atoms in total. The van der Waals surface area contributed by atoms with Crippen molar-refractivity contribution in [3.05, 3.63) is 59.8 Å². The minimum atomic E-state index is -0.318. The number of hydrogen-bond donors (Lipinski definition) is 1. The summed E-state index contributed by atoms with van der Waals surface area (Å²) < 4.78 is 19.0. The first-order valence-corrected chi connectivity index (χ1v) is 7.63. The van der Waals surface area contributed by atoms with Crippen LogP contribution in [0.1, 0.15) is 11.1 Å². The molecule has 0 saturated heterocycles. The lowest BCUT2D eigenvalue weighted by molar-refractivity contribution is -0.123. The molecule has 0 spiro atoms. The third-order valence-electron chi connectivity index (χ3n) is 3.58. The molecule has 0 fully saturated rings. The van der Waals surface area contributed by atoms with E-state index in [2.05, 4.69) is 15.0 Å². The summed E-state index contributed by atoms with van der Waals surface area (Å²) in [5.41, 5.74) is 2.03. The number of carbonyl (C=O) groups is 1. The zero-order chi connectivity index (χ0) is 17.8. The minimum absolute atomic E-state index is 0.131. The predicted octanol–water partition coefficient (Wildman–Crippen LogP) is 2.78. The third-order valence-corrected chi connectivity index (χ3v) is 3.58. The molecule has 7 heteroatoms. The molecule has 3 rings (SSSR count). The number of fused-ring (bicyclic) bond motifs is 1. The molecule has 1 amide bonds. The number of hydrogen-bond acceptors (Lipinski definition) is 4. The fourth-order valence-electron chi connectivity index (χ4n) is 2.29. The van der Waals surface area contributed by atoms with Crippen LogP contribution < -0.4 is 4.74 Å². The van der Waals surface area contributed by atoms with Gasteiger partial charge in [0.2, 0.25) is 11.8 Å². The highest BCUT2D eigenvalue weighted by atomic mass is 19.1. The summed E-state index contributed by atoms with van der Waals surface area (Å²) in [6, 6.07) is 6.19. The molecule has 0 aliphatic heterocycles. The summed E-state index contributed by atoms with van der Waals surface area (Å²) in [6.07, 6.45) is 6.26. The van der Waals surface area contributed by atoms with Crippen LogP contribution in [0.4, 0.5) is 4.39 Å².